The van der Waals surface area contributed by atoms with Crippen molar-refractivity contribution < 1.29 is 4.74 Å². The van der Waals surface area contributed by atoms with Crippen LogP contribution in [0, 0.1) is 6.92 Å². The van der Waals surface area contributed by atoms with E-state index in [4.69, 9.17) is 16.3 Å². The zero-order chi connectivity index (χ0) is 14.1. The van der Waals surface area contributed by atoms with Gasteiger partial charge in [0.15, 0.2) is 0 Å². The lowest BCUT2D eigenvalue weighted by molar-refractivity contribution is 0.306. The molecule has 0 unspecified atom stereocenters. The first kappa shape index (κ1) is 12.9. The van der Waals surface area contributed by atoms with Gasteiger partial charge in [-0.2, -0.15) is 5.10 Å². The van der Waals surface area contributed by atoms with E-state index >= 15 is 0 Å². The Hall–Kier alpha value is -2.07. The first-order valence-electron chi connectivity index (χ1n) is 6.30. The summed E-state index contributed by atoms with van der Waals surface area (Å²) in [6.45, 7) is 2.32. The third-order valence-electron chi connectivity index (χ3n) is 3.23. The van der Waals surface area contributed by atoms with Crippen molar-refractivity contribution in [1.82, 2.24) is 14.8 Å². The topological polar surface area (TPSA) is 39.9 Å². The smallest absolute Gasteiger partial charge is 0.133 e. The Bertz CT molecular complexity index is 767. The van der Waals surface area contributed by atoms with Crippen LogP contribution in [0.5, 0.6) is 5.75 Å². The third-order valence-corrected chi connectivity index (χ3v) is 3.70. The molecule has 1 aromatic carbocycles. The van der Waals surface area contributed by atoms with Crippen molar-refractivity contribution in [2.45, 2.75) is 13.5 Å². The number of halogens is 1. The molecule has 0 aliphatic carbocycles. The minimum absolute atomic E-state index is 0.400. The fourth-order valence-corrected chi connectivity index (χ4v) is 2.36. The zero-order valence-corrected chi connectivity index (χ0v) is 12.1. The molecule has 2 aromatic heterocycles. The lowest BCUT2D eigenvalue weighted by atomic mass is 10.2. The maximum absolute atomic E-state index is 6.18. The van der Waals surface area contributed by atoms with Crippen LogP contribution in [0.3, 0.4) is 0 Å². The summed E-state index contributed by atoms with van der Waals surface area (Å²) >= 11 is 6.18. The van der Waals surface area contributed by atoms with Crippen LogP contribution in [0.15, 0.2) is 36.5 Å². The largest absolute Gasteiger partial charge is 0.489 e. The Morgan fingerprint density at radius 1 is 1.30 bits per heavy atom. The molecule has 0 bridgehead atoms. The zero-order valence-electron chi connectivity index (χ0n) is 11.3. The van der Waals surface area contributed by atoms with E-state index in [1.165, 1.54) is 0 Å². The number of aromatic nitrogens is 3. The molecule has 0 saturated heterocycles. The molecular weight excluding hydrogens is 274 g/mol. The summed E-state index contributed by atoms with van der Waals surface area (Å²) in [6.07, 6.45) is 1.77. The van der Waals surface area contributed by atoms with E-state index in [2.05, 4.69) is 10.1 Å². The Balaban J connectivity index is 1.83. The van der Waals surface area contributed by atoms with Gasteiger partial charge in [-0.1, -0.05) is 17.7 Å². The number of hydrogen-bond acceptors (Lipinski definition) is 3. The summed E-state index contributed by atoms with van der Waals surface area (Å²) in [6, 6.07) is 9.80. The van der Waals surface area contributed by atoms with Gasteiger partial charge in [-0.3, -0.25) is 9.67 Å². The second-order valence-corrected chi connectivity index (χ2v) is 4.98. The number of aryl methyl sites for hydroxylation is 2. The van der Waals surface area contributed by atoms with Crippen molar-refractivity contribution in [3.05, 3.63) is 52.9 Å². The molecule has 102 valence electrons. The highest BCUT2D eigenvalue weighted by molar-refractivity contribution is 6.30. The monoisotopic (exact) mass is 287 g/mol. The maximum Gasteiger partial charge on any atom is 0.133 e. The molecule has 3 aromatic rings. The molecule has 2 heterocycles. The Kier molecular flexibility index (Phi) is 3.32. The van der Waals surface area contributed by atoms with E-state index in [9.17, 15) is 0 Å². The van der Waals surface area contributed by atoms with E-state index in [1.807, 2.05) is 44.3 Å². The van der Waals surface area contributed by atoms with Crippen LogP contribution >= 0.6 is 11.6 Å². The minimum atomic E-state index is 0.400. The van der Waals surface area contributed by atoms with Crippen molar-refractivity contribution in [2.75, 3.05) is 0 Å². The number of nitrogens with zero attached hydrogens (tertiary/aromatic N) is 3. The minimum Gasteiger partial charge on any atom is -0.489 e. The van der Waals surface area contributed by atoms with Gasteiger partial charge in [0.25, 0.3) is 0 Å². The van der Waals surface area contributed by atoms with Crippen LogP contribution in [0.4, 0.5) is 0 Å². The van der Waals surface area contributed by atoms with E-state index in [0.29, 0.717) is 11.8 Å². The van der Waals surface area contributed by atoms with Gasteiger partial charge in [-0.05, 0) is 25.1 Å². The van der Waals surface area contributed by atoms with Gasteiger partial charge >= 0.3 is 0 Å². The van der Waals surface area contributed by atoms with Gasteiger partial charge in [0.2, 0.25) is 0 Å². The molecule has 0 amide bonds. The van der Waals surface area contributed by atoms with Crippen LogP contribution in [-0.4, -0.2) is 14.8 Å². The fourth-order valence-electron chi connectivity index (χ4n) is 2.13. The van der Waals surface area contributed by atoms with Gasteiger partial charge in [-0.15, -0.1) is 0 Å². The van der Waals surface area contributed by atoms with Crippen LogP contribution in [0.1, 0.15) is 11.3 Å². The Morgan fingerprint density at radius 2 is 2.15 bits per heavy atom. The summed E-state index contributed by atoms with van der Waals surface area (Å²) in [4.78, 5) is 4.31. The molecule has 4 nitrogen and oxygen atoms in total. The van der Waals surface area contributed by atoms with Crippen molar-refractivity contribution >= 4 is 22.5 Å². The number of fused-ring (bicyclic) bond motifs is 1. The second kappa shape index (κ2) is 5.13. The summed E-state index contributed by atoms with van der Waals surface area (Å²) < 4.78 is 7.45. The molecule has 0 atom stereocenters. The van der Waals surface area contributed by atoms with E-state index in [0.717, 1.165) is 27.9 Å². The summed E-state index contributed by atoms with van der Waals surface area (Å²) in [7, 11) is 1.82. The summed E-state index contributed by atoms with van der Waals surface area (Å²) in [5.74, 6) is 0.774. The van der Waals surface area contributed by atoms with E-state index in [1.54, 1.807) is 10.9 Å². The van der Waals surface area contributed by atoms with Crippen LogP contribution in [-0.2, 0) is 13.7 Å². The molecule has 0 spiro atoms. The Morgan fingerprint density at radius 3 is 2.90 bits per heavy atom. The average Bonchev–Trinajstić information content (AvgIpc) is 2.70. The molecule has 0 N–H and O–H groups in total. The molecule has 5 heteroatoms. The van der Waals surface area contributed by atoms with Gasteiger partial charge in [0, 0.05) is 30.3 Å². The number of benzene rings is 1. The first-order chi connectivity index (χ1) is 9.65. The third kappa shape index (κ3) is 2.34. The van der Waals surface area contributed by atoms with Crippen LogP contribution in [0.25, 0.3) is 10.9 Å². The van der Waals surface area contributed by atoms with Crippen molar-refractivity contribution in [2.24, 2.45) is 7.05 Å². The molecule has 20 heavy (non-hydrogen) atoms. The molecule has 0 aliphatic rings. The van der Waals surface area contributed by atoms with Crippen LogP contribution in [0.2, 0.25) is 5.15 Å². The number of hydrogen-bond donors (Lipinski definition) is 0. The second-order valence-electron chi connectivity index (χ2n) is 4.62. The number of rotatable bonds is 3. The lowest BCUT2D eigenvalue weighted by Gasteiger charge is -2.07. The highest BCUT2D eigenvalue weighted by Crippen LogP contribution is 2.23. The number of ether oxygens (including phenoxy) is 1. The number of pyridine rings is 1. The highest BCUT2D eigenvalue weighted by Gasteiger charge is 2.11. The van der Waals surface area contributed by atoms with Gasteiger partial charge in [0.05, 0.1) is 11.2 Å². The van der Waals surface area contributed by atoms with Crippen molar-refractivity contribution in [3.63, 3.8) is 0 Å². The molecule has 0 aliphatic heterocycles. The van der Waals surface area contributed by atoms with Gasteiger partial charge in [-0.25, -0.2) is 0 Å². The van der Waals surface area contributed by atoms with Gasteiger partial charge in [0.1, 0.15) is 17.5 Å². The maximum atomic E-state index is 6.18. The lowest BCUT2D eigenvalue weighted by Crippen LogP contribution is -1.97. The predicted octanol–water partition coefficient (Wildman–Crippen LogP) is 3.51. The molecule has 0 fully saturated rings. The van der Waals surface area contributed by atoms with E-state index < -0.39 is 0 Å². The standard InChI is InChI=1S/C15H14ClN3O/c1-10-13(15(16)19(2)18-10)9-20-12-6-5-11-4-3-7-17-14(11)8-12/h3-8H,9H2,1-2H3. The SMILES string of the molecule is Cc1nn(C)c(Cl)c1COc1ccc2cccnc2c1. The molecular formula is C15H14ClN3O. The molecule has 0 saturated carbocycles. The van der Waals surface area contributed by atoms with Crippen LogP contribution < -0.4 is 4.74 Å². The average molecular weight is 288 g/mol. The molecule has 3 rings (SSSR count). The quantitative estimate of drug-likeness (QED) is 0.740. The van der Waals surface area contributed by atoms with Crippen molar-refractivity contribution in [1.29, 1.82) is 0 Å². The fraction of sp³-hybridized carbons (Fsp3) is 0.200. The normalized spacial score (nSPS) is 10.9. The highest BCUT2D eigenvalue weighted by atomic mass is 35.5. The van der Waals surface area contributed by atoms with Gasteiger partial charge < -0.3 is 4.74 Å². The van der Waals surface area contributed by atoms with E-state index in [-0.39, 0.29) is 0 Å². The predicted molar refractivity (Wildman–Crippen MR) is 79.0 cm³/mol. The Labute approximate surface area is 122 Å². The molecule has 0 radical (unpaired) electrons. The summed E-state index contributed by atoms with van der Waals surface area (Å²) in [5.41, 5.74) is 2.71. The van der Waals surface area contributed by atoms with Crippen molar-refractivity contribution in [3.8, 4) is 5.75 Å². The summed E-state index contributed by atoms with van der Waals surface area (Å²) in [5, 5.41) is 5.97. The first-order valence-corrected chi connectivity index (χ1v) is 6.68.